The van der Waals surface area contributed by atoms with E-state index in [1.54, 1.807) is 24.3 Å². The molecule has 0 saturated heterocycles. The molecule has 236 valence electrons. The van der Waals surface area contributed by atoms with Gasteiger partial charge in [0.1, 0.15) is 18.8 Å². The number of carbonyl (C=O) groups is 2. The van der Waals surface area contributed by atoms with Gasteiger partial charge in [-0.2, -0.15) is 0 Å². The molecule has 12 nitrogen and oxygen atoms in total. The Morgan fingerprint density at radius 1 is 0.512 bits per heavy atom. The lowest BCUT2D eigenvalue weighted by Gasteiger charge is -2.19. The second-order valence-electron chi connectivity index (χ2n) is 9.43. The van der Waals surface area contributed by atoms with E-state index in [1.165, 1.54) is 0 Å². The first kappa shape index (κ1) is 36.9. The van der Waals surface area contributed by atoms with Crippen LogP contribution in [-0.2, 0) is 52.2 Å². The maximum Gasteiger partial charge on any atom is 0.338 e. The van der Waals surface area contributed by atoms with Crippen molar-refractivity contribution >= 4 is 11.9 Å². The molecule has 0 fully saturated rings. The minimum absolute atomic E-state index is 0.0863. The van der Waals surface area contributed by atoms with E-state index in [2.05, 4.69) is 0 Å². The van der Waals surface area contributed by atoms with Crippen molar-refractivity contribution in [2.45, 2.75) is 26.4 Å². The number of hydrogen-bond donors (Lipinski definition) is 0. The van der Waals surface area contributed by atoms with Gasteiger partial charge in [-0.3, -0.25) is 0 Å². The Kier molecular flexibility index (Phi) is 23.0. The number of ether oxygens (including phenoxy) is 10. The van der Waals surface area contributed by atoms with Crippen LogP contribution in [0.15, 0.2) is 30.3 Å². The molecule has 0 bridgehead atoms. The fourth-order valence-electron chi connectivity index (χ4n) is 2.92. The fourth-order valence-corrected chi connectivity index (χ4v) is 2.92. The number of esters is 2. The van der Waals surface area contributed by atoms with E-state index in [4.69, 9.17) is 47.4 Å². The Labute approximate surface area is 243 Å². The SMILES string of the molecule is CC(C)(C)OC(=O)COCCOCCOCCOCCOCCOCCOCCOCCOC(=O)c1ccccc1. The standard InChI is InChI=1S/C29H48O12/c1-29(2,3)41-27(30)25-39-22-21-37-18-17-35-14-13-33-10-9-32-11-12-34-15-16-36-19-20-38-23-24-40-28(31)26-7-5-4-6-8-26/h4-8H,9-25H2,1-3H3. The van der Waals surface area contributed by atoms with Gasteiger partial charge in [-0.25, -0.2) is 9.59 Å². The molecule has 1 rings (SSSR count). The smallest absolute Gasteiger partial charge is 0.338 e. The monoisotopic (exact) mass is 588 g/mol. The van der Waals surface area contributed by atoms with E-state index in [9.17, 15) is 9.59 Å². The molecule has 1 aromatic carbocycles. The maximum absolute atomic E-state index is 11.8. The first-order chi connectivity index (χ1) is 19.9. The molecule has 0 saturated carbocycles. The van der Waals surface area contributed by atoms with E-state index in [0.717, 1.165) is 0 Å². The molecule has 0 N–H and O–H groups in total. The predicted molar refractivity (Wildman–Crippen MR) is 149 cm³/mol. The Morgan fingerprint density at radius 3 is 1.22 bits per heavy atom. The van der Waals surface area contributed by atoms with Gasteiger partial charge in [0.05, 0.1) is 105 Å². The van der Waals surface area contributed by atoms with Crippen LogP contribution in [0.2, 0.25) is 0 Å². The van der Waals surface area contributed by atoms with Crippen LogP contribution in [0, 0.1) is 0 Å². The first-order valence-corrected chi connectivity index (χ1v) is 13.9. The lowest BCUT2D eigenvalue weighted by atomic mass is 10.2. The second kappa shape index (κ2) is 25.5. The van der Waals surface area contributed by atoms with Gasteiger partial charge < -0.3 is 47.4 Å². The summed E-state index contributed by atoms with van der Waals surface area (Å²) in [5, 5.41) is 0. The fraction of sp³-hybridized carbons (Fsp3) is 0.724. The van der Waals surface area contributed by atoms with Gasteiger partial charge in [-0.05, 0) is 32.9 Å². The van der Waals surface area contributed by atoms with Crippen molar-refractivity contribution in [3.05, 3.63) is 35.9 Å². The second-order valence-corrected chi connectivity index (χ2v) is 9.43. The number of rotatable bonds is 27. The number of benzene rings is 1. The van der Waals surface area contributed by atoms with Crippen LogP contribution < -0.4 is 0 Å². The van der Waals surface area contributed by atoms with Gasteiger partial charge in [0.15, 0.2) is 0 Å². The molecule has 1 aromatic rings. The Morgan fingerprint density at radius 2 is 0.854 bits per heavy atom. The van der Waals surface area contributed by atoms with Crippen LogP contribution >= 0.6 is 0 Å². The van der Waals surface area contributed by atoms with Crippen LogP contribution in [0.25, 0.3) is 0 Å². The van der Waals surface area contributed by atoms with Crippen molar-refractivity contribution in [2.24, 2.45) is 0 Å². The van der Waals surface area contributed by atoms with Crippen molar-refractivity contribution in [2.75, 3.05) is 112 Å². The summed E-state index contributed by atoms with van der Waals surface area (Å²) in [5.74, 6) is -0.750. The minimum atomic E-state index is -0.513. The average Bonchev–Trinajstić information content (AvgIpc) is 2.94. The molecule has 0 aliphatic heterocycles. The van der Waals surface area contributed by atoms with Gasteiger partial charge in [0.25, 0.3) is 0 Å². The Hall–Kier alpha value is -2.16. The largest absolute Gasteiger partial charge is 0.460 e. The molecule has 12 heteroatoms. The summed E-state index contributed by atoms with van der Waals surface area (Å²) < 4.78 is 53.4. The van der Waals surface area contributed by atoms with Crippen LogP contribution in [0.3, 0.4) is 0 Å². The quantitative estimate of drug-likeness (QED) is 0.111. The highest BCUT2D eigenvalue weighted by Gasteiger charge is 2.15. The molecular formula is C29H48O12. The van der Waals surface area contributed by atoms with Gasteiger partial charge in [0, 0.05) is 0 Å². The normalized spacial score (nSPS) is 11.5. The van der Waals surface area contributed by atoms with Gasteiger partial charge >= 0.3 is 11.9 Å². The Balaban J connectivity index is 1.69. The lowest BCUT2D eigenvalue weighted by Crippen LogP contribution is -2.27. The molecule has 0 atom stereocenters. The average molecular weight is 589 g/mol. The Bertz CT molecular complexity index is 754. The summed E-state index contributed by atoms with van der Waals surface area (Å²) in [7, 11) is 0. The highest BCUT2D eigenvalue weighted by atomic mass is 16.6. The van der Waals surface area contributed by atoms with Crippen molar-refractivity contribution in [1.29, 1.82) is 0 Å². The highest BCUT2D eigenvalue weighted by Crippen LogP contribution is 2.06. The minimum Gasteiger partial charge on any atom is -0.460 e. The summed E-state index contributed by atoms with van der Waals surface area (Å²) in [5.41, 5.74) is 0.00925. The van der Waals surface area contributed by atoms with E-state index >= 15 is 0 Å². The van der Waals surface area contributed by atoms with Crippen LogP contribution in [0.5, 0.6) is 0 Å². The van der Waals surface area contributed by atoms with Crippen LogP contribution in [-0.4, -0.2) is 130 Å². The molecule has 0 aromatic heterocycles. The molecule has 0 unspecified atom stereocenters. The summed E-state index contributed by atoms with van der Waals surface area (Å²) >= 11 is 0. The van der Waals surface area contributed by atoms with Crippen LogP contribution in [0.1, 0.15) is 31.1 Å². The van der Waals surface area contributed by atoms with E-state index in [1.807, 2.05) is 26.8 Å². The van der Waals surface area contributed by atoms with Gasteiger partial charge in [-0.1, -0.05) is 18.2 Å². The lowest BCUT2D eigenvalue weighted by molar-refractivity contribution is -0.160. The molecule has 0 radical (unpaired) electrons. The molecule has 0 aliphatic rings. The molecule has 41 heavy (non-hydrogen) atoms. The summed E-state index contributed by atoms with van der Waals surface area (Å²) in [6.45, 7) is 12.1. The zero-order chi connectivity index (χ0) is 29.9. The molecule has 0 aliphatic carbocycles. The maximum atomic E-state index is 11.8. The zero-order valence-corrected chi connectivity index (χ0v) is 24.8. The molecule has 0 amide bonds. The van der Waals surface area contributed by atoms with E-state index in [0.29, 0.717) is 105 Å². The van der Waals surface area contributed by atoms with Gasteiger partial charge in [0.2, 0.25) is 0 Å². The predicted octanol–water partition coefficient (Wildman–Crippen LogP) is 2.32. The third-order valence-corrected chi connectivity index (χ3v) is 4.71. The van der Waals surface area contributed by atoms with Gasteiger partial charge in [-0.15, -0.1) is 0 Å². The van der Waals surface area contributed by atoms with E-state index in [-0.39, 0.29) is 19.2 Å². The van der Waals surface area contributed by atoms with Crippen molar-refractivity contribution in [1.82, 2.24) is 0 Å². The zero-order valence-electron chi connectivity index (χ0n) is 24.8. The number of carbonyl (C=O) groups excluding carboxylic acids is 2. The van der Waals surface area contributed by atoms with Crippen molar-refractivity contribution in [3.8, 4) is 0 Å². The third kappa shape index (κ3) is 25.3. The highest BCUT2D eigenvalue weighted by molar-refractivity contribution is 5.89. The van der Waals surface area contributed by atoms with E-state index < -0.39 is 11.6 Å². The van der Waals surface area contributed by atoms with Crippen molar-refractivity contribution < 1.29 is 57.0 Å². The summed E-state index contributed by atoms with van der Waals surface area (Å²) in [6, 6.07) is 8.83. The molecule has 0 spiro atoms. The van der Waals surface area contributed by atoms with Crippen LogP contribution in [0.4, 0.5) is 0 Å². The van der Waals surface area contributed by atoms with Crippen molar-refractivity contribution in [3.63, 3.8) is 0 Å². The topological polar surface area (TPSA) is 126 Å². The third-order valence-electron chi connectivity index (χ3n) is 4.71. The first-order valence-electron chi connectivity index (χ1n) is 13.9. The summed E-state index contributed by atoms with van der Waals surface area (Å²) in [6.07, 6.45) is 0. The molecule has 0 heterocycles. The summed E-state index contributed by atoms with van der Waals surface area (Å²) in [4.78, 5) is 23.2. The number of hydrogen-bond acceptors (Lipinski definition) is 12. The molecular weight excluding hydrogens is 540 g/mol.